The van der Waals surface area contributed by atoms with Crippen molar-refractivity contribution in [1.29, 1.82) is 0 Å². The molecule has 1 aromatic carbocycles. The summed E-state index contributed by atoms with van der Waals surface area (Å²) in [6.45, 7) is 2.11. The molecule has 1 aromatic heterocycles. The highest BCUT2D eigenvalue weighted by Crippen LogP contribution is 2.46. The standard InChI is InChI=1S/C22H28N4S/c23-19-5-2-8-22(19)9-11-26(12-10-22)20-14-25-21(15-24-20)27-18-4-1-3-17(13-18)16-6-7-16/h1,3-4,13-16,19H,2,5-12,23H2/t19-/m1/s1. The van der Waals surface area contributed by atoms with Crippen molar-refractivity contribution in [2.45, 2.75) is 66.8 Å². The Morgan fingerprint density at radius 2 is 1.89 bits per heavy atom. The summed E-state index contributed by atoms with van der Waals surface area (Å²) >= 11 is 1.71. The quantitative estimate of drug-likeness (QED) is 0.840. The molecule has 2 saturated carbocycles. The molecular weight excluding hydrogens is 352 g/mol. The SMILES string of the molecule is N[C@@H]1CCCC12CCN(c1cnc(Sc3cccc(C4CC4)c3)cn1)CC2. The molecule has 0 radical (unpaired) electrons. The Morgan fingerprint density at radius 1 is 1.04 bits per heavy atom. The Kier molecular flexibility index (Phi) is 4.60. The zero-order valence-corrected chi connectivity index (χ0v) is 16.6. The zero-order valence-electron chi connectivity index (χ0n) is 15.8. The fraction of sp³-hybridized carbons (Fsp3) is 0.545. The van der Waals surface area contributed by atoms with Crippen LogP contribution < -0.4 is 10.6 Å². The number of benzene rings is 1. The number of nitrogens with zero attached hydrogens (tertiary/aromatic N) is 3. The first-order valence-electron chi connectivity index (χ1n) is 10.3. The topological polar surface area (TPSA) is 55.0 Å². The molecule has 2 aliphatic carbocycles. The van der Waals surface area contributed by atoms with Gasteiger partial charge in [-0.3, -0.25) is 0 Å². The van der Waals surface area contributed by atoms with Crippen LogP contribution in [0.15, 0.2) is 46.6 Å². The Hall–Kier alpha value is -1.59. The van der Waals surface area contributed by atoms with Crippen molar-refractivity contribution in [2.75, 3.05) is 18.0 Å². The van der Waals surface area contributed by atoms with Gasteiger partial charge in [-0.2, -0.15) is 0 Å². The van der Waals surface area contributed by atoms with Crippen LogP contribution in [0, 0.1) is 5.41 Å². The maximum atomic E-state index is 6.41. The summed E-state index contributed by atoms with van der Waals surface area (Å²) in [7, 11) is 0. The molecule has 0 bridgehead atoms. The lowest BCUT2D eigenvalue weighted by Crippen LogP contribution is -2.47. The van der Waals surface area contributed by atoms with Gasteiger partial charge in [-0.1, -0.05) is 30.3 Å². The third-order valence-electron chi connectivity index (χ3n) is 6.80. The number of rotatable bonds is 4. The molecule has 2 aromatic rings. The molecule has 1 atom stereocenters. The molecule has 3 fully saturated rings. The molecular formula is C22H28N4S. The van der Waals surface area contributed by atoms with Crippen molar-refractivity contribution in [3.8, 4) is 0 Å². The summed E-state index contributed by atoms with van der Waals surface area (Å²) in [4.78, 5) is 13.0. The van der Waals surface area contributed by atoms with Crippen LogP contribution in [-0.2, 0) is 0 Å². The molecule has 1 aliphatic heterocycles. The van der Waals surface area contributed by atoms with Crippen molar-refractivity contribution in [1.82, 2.24) is 9.97 Å². The number of hydrogen-bond acceptors (Lipinski definition) is 5. The van der Waals surface area contributed by atoms with E-state index in [1.54, 1.807) is 11.8 Å². The van der Waals surface area contributed by atoms with E-state index in [1.807, 2.05) is 12.4 Å². The first-order chi connectivity index (χ1) is 13.2. The highest BCUT2D eigenvalue weighted by molar-refractivity contribution is 7.99. The molecule has 1 spiro atoms. The predicted molar refractivity (Wildman–Crippen MR) is 110 cm³/mol. The summed E-state index contributed by atoms with van der Waals surface area (Å²) in [5.41, 5.74) is 8.27. The van der Waals surface area contributed by atoms with Crippen molar-refractivity contribution in [3.63, 3.8) is 0 Å². The Bertz CT molecular complexity index is 794. The monoisotopic (exact) mass is 380 g/mol. The second-order valence-corrected chi connectivity index (χ2v) is 9.60. The molecule has 0 unspecified atom stereocenters. The first kappa shape index (κ1) is 17.5. The lowest BCUT2D eigenvalue weighted by molar-refractivity contribution is 0.197. The lowest BCUT2D eigenvalue weighted by atomic mass is 9.74. The van der Waals surface area contributed by atoms with E-state index in [0.29, 0.717) is 11.5 Å². The molecule has 142 valence electrons. The summed E-state index contributed by atoms with van der Waals surface area (Å²) in [6.07, 6.45) is 12.7. The zero-order chi connectivity index (χ0) is 18.3. The number of hydrogen-bond donors (Lipinski definition) is 1. The minimum Gasteiger partial charge on any atom is -0.355 e. The summed E-state index contributed by atoms with van der Waals surface area (Å²) in [6, 6.07) is 9.29. The van der Waals surface area contributed by atoms with Gasteiger partial charge in [-0.15, -0.1) is 0 Å². The van der Waals surface area contributed by atoms with Crippen molar-refractivity contribution in [3.05, 3.63) is 42.2 Å². The Balaban J connectivity index is 1.22. The van der Waals surface area contributed by atoms with Gasteiger partial charge >= 0.3 is 0 Å². The fourth-order valence-electron chi connectivity index (χ4n) is 4.86. The van der Waals surface area contributed by atoms with E-state index in [1.165, 1.54) is 55.4 Å². The smallest absolute Gasteiger partial charge is 0.147 e. The number of piperidine rings is 1. The van der Waals surface area contributed by atoms with E-state index < -0.39 is 0 Å². The van der Waals surface area contributed by atoms with Crippen LogP contribution in [-0.4, -0.2) is 29.1 Å². The second-order valence-electron chi connectivity index (χ2n) is 8.51. The van der Waals surface area contributed by atoms with Crippen molar-refractivity contribution < 1.29 is 0 Å². The van der Waals surface area contributed by atoms with Crippen LogP contribution >= 0.6 is 11.8 Å². The lowest BCUT2D eigenvalue weighted by Gasteiger charge is -2.42. The molecule has 1 saturated heterocycles. The molecule has 0 amide bonds. The highest BCUT2D eigenvalue weighted by atomic mass is 32.2. The third-order valence-corrected chi connectivity index (χ3v) is 7.71. The van der Waals surface area contributed by atoms with E-state index in [-0.39, 0.29) is 0 Å². The second kappa shape index (κ2) is 7.10. The van der Waals surface area contributed by atoms with Crippen LogP contribution in [0.2, 0.25) is 0 Å². The third kappa shape index (κ3) is 3.59. The number of anilines is 1. The van der Waals surface area contributed by atoms with Crippen LogP contribution in [0.3, 0.4) is 0 Å². The van der Waals surface area contributed by atoms with E-state index >= 15 is 0 Å². The minimum atomic E-state index is 0.395. The molecule has 5 heteroatoms. The summed E-state index contributed by atoms with van der Waals surface area (Å²) in [5.74, 6) is 1.79. The Morgan fingerprint density at radius 3 is 2.56 bits per heavy atom. The molecule has 2 N–H and O–H groups in total. The van der Waals surface area contributed by atoms with Gasteiger partial charge in [-0.05, 0) is 67.6 Å². The van der Waals surface area contributed by atoms with Crippen molar-refractivity contribution >= 4 is 17.6 Å². The Labute approximate surface area is 166 Å². The van der Waals surface area contributed by atoms with Gasteiger partial charge in [-0.25, -0.2) is 9.97 Å². The summed E-state index contributed by atoms with van der Waals surface area (Å²) < 4.78 is 0. The summed E-state index contributed by atoms with van der Waals surface area (Å²) in [5, 5.41) is 0.970. The van der Waals surface area contributed by atoms with Crippen LogP contribution in [0.1, 0.15) is 56.4 Å². The van der Waals surface area contributed by atoms with Crippen molar-refractivity contribution in [2.24, 2.45) is 11.1 Å². The van der Waals surface area contributed by atoms with E-state index in [0.717, 1.165) is 29.9 Å². The van der Waals surface area contributed by atoms with Gasteiger partial charge in [0.2, 0.25) is 0 Å². The van der Waals surface area contributed by atoms with Gasteiger partial charge in [0.25, 0.3) is 0 Å². The number of nitrogens with two attached hydrogens (primary N) is 1. The minimum absolute atomic E-state index is 0.395. The average molecular weight is 381 g/mol. The number of aromatic nitrogens is 2. The largest absolute Gasteiger partial charge is 0.355 e. The van der Waals surface area contributed by atoms with Crippen LogP contribution in [0.4, 0.5) is 5.82 Å². The van der Waals surface area contributed by atoms with Gasteiger partial charge in [0.1, 0.15) is 10.8 Å². The molecule has 2 heterocycles. The van der Waals surface area contributed by atoms with Gasteiger partial charge < -0.3 is 10.6 Å². The predicted octanol–water partition coefficient (Wildman–Crippen LogP) is 4.60. The maximum absolute atomic E-state index is 6.41. The highest BCUT2D eigenvalue weighted by Gasteiger charge is 2.42. The van der Waals surface area contributed by atoms with Gasteiger partial charge in [0.05, 0.1) is 12.4 Å². The van der Waals surface area contributed by atoms with Crippen LogP contribution in [0.5, 0.6) is 0 Å². The maximum Gasteiger partial charge on any atom is 0.147 e. The molecule has 4 nitrogen and oxygen atoms in total. The van der Waals surface area contributed by atoms with E-state index in [9.17, 15) is 0 Å². The first-order valence-corrected chi connectivity index (χ1v) is 11.1. The average Bonchev–Trinajstić information content (AvgIpc) is 3.49. The molecule has 27 heavy (non-hydrogen) atoms. The van der Waals surface area contributed by atoms with Gasteiger partial charge in [0, 0.05) is 24.0 Å². The van der Waals surface area contributed by atoms with Crippen LogP contribution in [0.25, 0.3) is 0 Å². The fourth-order valence-corrected chi connectivity index (χ4v) is 5.66. The normalized spacial score (nSPS) is 24.5. The van der Waals surface area contributed by atoms with E-state index in [4.69, 9.17) is 10.7 Å². The van der Waals surface area contributed by atoms with E-state index in [2.05, 4.69) is 34.1 Å². The molecule has 5 rings (SSSR count). The van der Waals surface area contributed by atoms with Gasteiger partial charge in [0.15, 0.2) is 0 Å². The molecule has 3 aliphatic rings.